The molecule has 0 saturated carbocycles. The quantitative estimate of drug-likeness (QED) is 0.693. The molecule has 124 valence electrons. The monoisotopic (exact) mass is 344 g/mol. The molecule has 0 spiro atoms. The Morgan fingerprint density at radius 2 is 2.04 bits per heavy atom. The molecule has 0 aliphatic carbocycles. The van der Waals surface area contributed by atoms with Crippen molar-refractivity contribution in [2.24, 2.45) is 0 Å². The molecule has 6 nitrogen and oxygen atoms in total. The number of aromatic nitrogens is 2. The molecular formula is C17H16N2O4S. The lowest BCUT2D eigenvalue weighted by molar-refractivity contribution is 0.0462. The molecule has 24 heavy (non-hydrogen) atoms. The van der Waals surface area contributed by atoms with Crippen molar-refractivity contribution in [2.45, 2.75) is 6.61 Å². The molecule has 0 amide bonds. The predicted molar refractivity (Wildman–Crippen MR) is 90.6 cm³/mol. The Kier molecular flexibility index (Phi) is 4.81. The first-order valence-corrected chi connectivity index (χ1v) is 8.06. The first-order valence-electron chi connectivity index (χ1n) is 7.18. The van der Waals surface area contributed by atoms with Crippen LogP contribution in [0.3, 0.4) is 0 Å². The number of hydrogen-bond acceptors (Lipinski definition) is 6. The zero-order chi connectivity index (χ0) is 16.9. The average Bonchev–Trinajstić information content (AvgIpc) is 3.30. The average molecular weight is 344 g/mol. The summed E-state index contributed by atoms with van der Waals surface area (Å²) in [6, 6.07) is 9.02. The van der Waals surface area contributed by atoms with Gasteiger partial charge in [-0.2, -0.15) is 0 Å². The zero-order valence-electron chi connectivity index (χ0n) is 13.2. The van der Waals surface area contributed by atoms with Crippen LogP contribution in [-0.4, -0.2) is 30.2 Å². The third-order valence-electron chi connectivity index (χ3n) is 3.35. The number of aromatic amines is 1. The van der Waals surface area contributed by atoms with Crippen LogP contribution in [0.4, 0.5) is 0 Å². The molecule has 2 heterocycles. The lowest BCUT2D eigenvalue weighted by Crippen LogP contribution is -2.05. The number of benzene rings is 1. The summed E-state index contributed by atoms with van der Waals surface area (Å²) in [5.41, 5.74) is 2.04. The molecule has 0 aliphatic rings. The van der Waals surface area contributed by atoms with Gasteiger partial charge in [0, 0.05) is 17.1 Å². The largest absolute Gasteiger partial charge is 0.493 e. The van der Waals surface area contributed by atoms with E-state index in [1.807, 2.05) is 23.6 Å². The third-order valence-corrected chi connectivity index (χ3v) is 4.29. The number of nitrogens with zero attached hydrogens (tertiary/aromatic N) is 1. The Morgan fingerprint density at radius 1 is 1.21 bits per heavy atom. The third kappa shape index (κ3) is 3.41. The van der Waals surface area contributed by atoms with Gasteiger partial charge in [-0.1, -0.05) is 0 Å². The topological polar surface area (TPSA) is 73.4 Å². The predicted octanol–water partition coefficient (Wildman–Crippen LogP) is 3.51. The maximum Gasteiger partial charge on any atom is 0.355 e. The fourth-order valence-corrected chi connectivity index (χ4v) is 2.95. The minimum atomic E-state index is -0.402. The van der Waals surface area contributed by atoms with Crippen LogP contribution in [-0.2, 0) is 11.3 Å². The molecule has 0 saturated heterocycles. The fraction of sp³-hybridized carbons (Fsp3) is 0.176. The van der Waals surface area contributed by atoms with Crippen molar-refractivity contribution in [1.29, 1.82) is 0 Å². The number of thiazole rings is 1. The highest BCUT2D eigenvalue weighted by Crippen LogP contribution is 2.33. The lowest BCUT2D eigenvalue weighted by Gasteiger charge is -2.08. The van der Waals surface area contributed by atoms with Crippen LogP contribution in [0.5, 0.6) is 11.5 Å². The van der Waals surface area contributed by atoms with Gasteiger partial charge in [0.15, 0.2) is 11.5 Å². The number of ether oxygens (including phenoxy) is 3. The number of carbonyl (C=O) groups excluding carboxylic acids is 1. The van der Waals surface area contributed by atoms with Gasteiger partial charge in [-0.25, -0.2) is 9.78 Å². The van der Waals surface area contributed by atoms with Gasteiger partial charge < -0.3 is 19.2 Å². The Labute approximate surface area is 143 Å². The molecule has 2 aromatic heterocycles. The van der Waals surface area contributed by atoms with Gasteiger partial charge in [0.25, 0.3) is 0 Å². The van der Waals surface area contributed by atoms with E-state index in [1.54, 1.807) is 32.5 Å². The van der Waals surface area contributed by atoms with Gasteiger partial charge in [0.2, 0.25) is 0 Å². The second-order valence-electron chi connectivity index (χ2n) is 4.87. The molecule has 1 N–H and O–H groups in total. The number of carbonyl (C=O) groups is 1. The van der Waals surface area contributed by atoms with Gasteiger partial charge in [0.05, 0.1) is 19.9 Å². The maximum atomic E-state index is 11.8. The SMILES string of the molecule is COc1ccc(-c2nc(COC(=O)c3ccc[nH]3)cs2)cc1OC. The van der Waals surface area contributed by atoms with Crippen molar-refractivity contribution >= 4 is 17.3 Å². The van der Waals surface area contributed by atoms with Crippen molar-refractivity contribution in [3.05, 3.63) is 53.3 Å². The summed E-state index contributed by atoms with van der Waals surface area (Å²) < 4.78 is 15.8. The number of methoxy groups -OCH3 is 2. The Morgan fingerprint density at radius 3 is 2.75 bits per heavy atom. The zero-order valence-corrected chi connectivity index (χ0v) is 14.1. The Hall–Kier alpha value is -2.80. The number of H-pyrrole nitrogens is 1. The van der Waals surface area contributed by atoms with E-state index in [-0.39, 0.29) is 6.61 Å². The lowest BCUT2D eigenvalue weighted by atomic mass is 10.2. The van der Waals surface area contributed by atoms with Crippen molar-refractivity contribution in [3.8, 4) is 22.1 Å². The van der Waals surface area contributed by atoms with E-state index in [0.29, 0.717) is 22.9 Å². The Balaban J connectivity index is 1.70. The smallest absolute Gasteiger partial charge is 0.355 e. The number of esters is 1. The Bertz CT molecular complexity index is 827. The summed E-state index contributed by atoms with van der Waals surface area (Å²) in [6.45, 7) is 0.127. The van der Waals surface area contributed by atoms with Gasteiger partial charge in [-0.05, 0) is 30.3 Å². The van der Waals surface area contributed by atoms with Crippen LogP contribution < -0.4 is 9.47 Å². The van der Waals surface area contributed by atoms with Crippen molar-refractivity contribution in [1.82, 2.24) is 9.97 Å². The molecule has 1 aromatic carbocycles. The molecule has 0 fully saturated rings. The summed E-state index contributed by atoms with van der Waals surface area (Å²) in [4.78, 5) is 19.1. The van der Waals surface area contributed by atoms with Crippen LogP contribution in [0.2, 0.25) is 0 Å². The first-order chi connectivity index (χ1) is 11.7. The molecule has 0 atom stereocenters. The van der Waals surface area contributed by atoms with Gasteiger partial charge in [-0.15, -0.1) is 11.3 Å². The van der Waals surface area contributed by atoms with Crippen molar-refractivity contribution in [2.75, 3.05) is 14.2 Å². The molecule has 3 rings (SSSR count). The highest BCUT2D eigenvalue weighted by molar-refractivity contribution is 7.13. The van der Waals surface area contributed by atoms with Crippen molar-refractivity contribution in [3.63, 3.8) is 0 Å². The minimum Gasteiger partial charge on any atom is -0.493 e. The first kappa shape index (κ1) is 16.1. The van der Waals surface area contributed by atoms with E-state index in [2.05, 4.69) is 9.97 Å². The molecule has 3 aromatic rings. The van der Waals surface area contributed by atoms with E-state index < -0.39 is 5.97 Å². The summed E-state index contributed by atoms with van der Waals surface area (Å²) in [5.74, 6) is 0.906. The second-order valence-corrected chi connectivity index (χ2v) is 5.73. The van der Waals surface area contributed by atoms with Gasteiger partial charge in [0.1, 0.15) is 17.3 Å². The van der Waals surface area contributed by atoms with E-state index in [1.165, 1.54) is 11.3 Å². The summed E-state index contributed by atoms with van der Waals surface area (Å²) >= 11 is 1.48. The van der Waals surface area contributed by atoms with Crippen molar-refractivity contribution < 1.29 is 19.0 Å². The highest BCUT2D eigenvalue weighted by Gasteiger charge is 2.12. The van der Waals surface area contributed by atoms with E-state index in [9.17, 15) is 4.79 Å². The maximum absolute atomic E-state index is 11.8. The summed E-state index contributed by atoms with van der Waals surface area (Å²) in [5, 5.41) is 2.69. The summed E-state index contributed by atoms with van der Waals surface area (Å²) in [7, 11) is 3.19. The standard InChI is InChI=1S/C17H16N2O4S/c1-21-14-6-5-11(8-15(14)22-2)16-19-12(10-24-16)9-23-17(20)13-4-3-7-18-13/h3-8,10,18H,9H2,1-2H3. The van der Waals surface area contributed by atoms with E-state index >= 15 is 0 Å². The summed E-state index contributed by atoms with van der Waals surface area (Å²) in [6.07, 6.45) is 1.68. The van der Waals surface area contributed by atoms with Crippen LogP contribution in [0.15, 0.2) is 41.9 Å². The number of nitrogens with one attached hydrogen (secondary N) is 1. The highest BCUT2D eigenvalue weighted by atomic mass is 32.1. The molecule has 0 bridgehead atoms. The van der Waals surface area contributed by atoms with Gasteiger partial charge >= 0.3 is 5.97 Å². The normalized spacial score (nSPS) is 10.4. The molecule has 0 aliphatic heterocycles. The number of hydrogen-bond donors (Lipinski definition) is 1. The minimum absolute atomic E-state index is 0.127. The second kappa shape index (κ2) is 7.18. The number of rotatable bonds is 6. The molecular weight excluding hydrogens is 328 g/mol. The van der Waals surface area contributed by atoms with Crippen LogP contribution in [0, 0.1) is 0 Å². The van der Waals surface area contributed by atoms with Crippen LogP contribution in [0.25, 0.3) is 10.6 Å². The molecule has 0 radical (unpaired) electrons. The van der Waals surface area contributed by atoms with E-state index in [4.69, 9.17) is 14.2 Å². The molecule has 7 heteroatoms. The molecule has 0 unspecified atom stereocenters. The fourth-order valence-electron chi connectivity index (χ4n) is 2.15. The van der Waals surface area contributed by atoms with Gasteiger partial charge in [-0.3, -0.25) is 0 Å². The van der Waals surface area contributed by atoms with Crippen LogP contribution >= 0.6 is 11.3 Å². The van der Waals surface area contributed by atoms with E-state index in [0.717, 1.165) is 10.6 Å². The van der Waals surface area contributed by atoms with Crippen LogP contribution in [0.1, 0.15) is 16.2 Å².